The number of rotatable bonds is 5. The van der Waals surface area contributed by atoms with Gasteiger partial charge in [0.2, 0.25) is 0 Å². The molecule has 0 radical (unpaired) electrons. The SMILES string of the molecule is CCCNC(c1cccc(Br)c1F)c1cccc(Cl)c1Cl. The molecule has 0 heterocycles. The molecule has 2 aromatic carbocycles. The van der Waals surface area contributed by atoms with Gasteiger partial charge in [-0.2, -0.15) is 0 Å². The van der Waals surface area contributed by atoms with Crippen molar-refractivity contribution in [3.8, 4) is 0 Å². The first kappa shape index (κ1) is 16.8. The van der Waals surface area contributed by atoms with Crippen LogP contribution in [-0.2, 0) is 0 Å². The predicted molar refractivity (Wildman–Crippen MR) is 90.7 cm³/mol. The van der Waals surface area contributed by atoms with Crippen LogP contribution >= 0.6 is 39.1 Å². The van der Waals surface area contributed by atoms with E-state index in [4.69, 9.17) is 23.2 Å². The molecule has 0 aliphatic heterocycles. The Morgan fingerprint density at radius 2 is 1.81 bits per heavy atom. The molecule has 0 aliphatic rings. The van der Waals surface area contributed by atoms with Crippen LogP contribution in [0, 0.1) is 5.82 Å². The van der Waals surface area contributed by atoms with E-state index in [0.29, 0.717) is 20.1 Å². The van der Waals surface area contributed by atoms with Crippen LogP contribution in [0.25, 0.3) is 0 Å². The Morgan fingerprint density at radius 3 is 2.52 bits per heavy atom. The number of nitrogens with one attached hydrogen (secondary N) is 1. The maximum Gasteiger partial charge on any atom is 0.142 e. The van der Waals surface area contributed by atoms with Crippen LogP contribution in [0.15, 0.2) is 40.9 Å². The Morgan fingerprint density at radius 1 is 1.14 bits per heavy atom. The molecule has 0 saturated heterocycles. The fraction of sp³-hybridized carbons (Fsp3) is 0.250. The van der Waals surface area contributed by atoms with Gasteiger partial charge in [0.05, 0.1) is 20.6 Å². The van der Waals surface area contributed by atoms with Gasteiger partial charge in [0, 0.05) is 5.56 Å². The van der Waals surface area contributed by atoms with Gasteiger partial charge >= 0.3 is 0 Å². The van der Waals surface area contributed by atoms with E-state index >= 15 is 0 Å². The van der Waals surface area contributed by atoms with E-state index in [2.05, 4.69) is 28.2 Å². The molecule has 5 heteroatoms. The Bertz CT molecular complexity index is 582. The summed E-state index contributed by atoms with van der Waals surface area (Å²) in [4.78, 5) is 0. The second-order valence-electron chi connectivity index (χ2n) is 4.67. The largest absolute Gasteiger partial charge is 0.306 e. The summed E-state index contributed by atoms with van der Waals surface area (Å²) in [6.45, 7) is 2.81. The lowest BCUT2D eigenvalue weighted by Crippen LogP contribution is -2.24. The van der Waals surface area contributed by atoms with Crippen LogP contribution in [0.5, 0.6) is 0 Å². The van der Waals surface area contributed by atoms with Crippen molar-refractivity contribution in [3.63, 3.8) is 0 Å². The van der Waals surface area contributed by atoms with Gasteiger partial charge in [-0.05, 0) is 46.6 Å². The van der Waals surface area contributed by atoms with Crippen LogP contribution < -0.4 is 5.32 Å². The molecule has 2 aromatic rings. The molecular formula is C16H15BrCl2FN. The summed E-state index contributed by atoms with van der Waals surface area (Å²) in [5.74, 6) is -0.290. The van der Waals surface area contributed by atoms with E-state index in [1.54, 1.807) is 18.2 Å². The third-order valence-corrected chi connectivity index (χ3v) is 4.63. The van der Waals surface area contributed by atoms with E-state index in [1.165, 1.54) is 0 Å². The molecule has 0 fully saturated rings. The van der Waals surface area contributed by atoms with Gasteiger partial charge in [-0.3, -0.25) is 0 Å². The Balaban J connectivity index is 2.52. The number of hydrogen-bond acceptors (Lipinski definition) is 1. The normalized spacial score (nSPS) is 12.4. The van der Waals surface area contributed by atoms with E-state index < -0.39 is 0 Å². The zero-order chi connectivity index (χ0) is 15.4. The van der Waals surface area contributed by atoms with Gasteiger partial charge < -0.3 is 5.32 Å². The van der Waals surface area contributed by atoms with Crippen LogP contribution in [0.2, 0.25) is 10.0 Å². The van der Waals surface area contributed by atoms with Crippen LogP contribution in [0.4, 0.5) is 4.39 Å². The first-order valence-corrected chi connectivity index (χ1v) is 8.22. The zero-order valence-electron chi connectivity index (χ0n) is 11.5. The molecule has 21 heavy (non-hydrogen) atoms. The average Bonchev–Trinajstić information content (AvgIpc) is 2.47. The maximum atomic E-state index is 14.4. The highest BCUT2D eigenvalue weighted by Crippen LogP contribution is 2.35. The van der Waals surface area contributed by atoms with Crippen molar-refractivity contribution in [1.82, 2.24) is 5.32 Å². The third kappa shape index (κ3) is 3.78. The van der Waals surface area contributed by atoms with Gasteiger partial charge in [0.1, 0.15) is 5.82 Å². The summed E-state index contributed by atoms with van der Waals surface area (Å²) in [6, 6.07) is 10.3. The highest BCUT2D eigenvalue weighted by molar-refractivity contribution is 9.10. The number of halogens is 4. The molecule has 1 atom stereocenters. The van der Waals surface area contributed by atoms with E-state index in [0.717, 1.165) is 18.5 Å². The molecule has 0 aromatic heterocycles. The van der Waals surface area contributed by atoms with Gasteiger partial charge in [-0.15, -0.1) is 0 Å². The predicted octanol–water partition coefficient (Wildman–Crippen LogP) is 5.98. The Labute approximate surface area is 142 Å². The summed E-state index contributed by atoms with van der Waals surface area (Å²) in [5, 5.41) is 4.25. The topological polar surface area (TPSA) is 12.0 Å². The van der Waals surface area contributed by atoms with Gasteiger partial charge in [-0.25, -0.2) is 4.39 Å². The van der Waals surface area contributed by atoms with Crippen LogP contribution in [0.3, 0.4) is 0 Å². The molecule has 0 aliphatic carbocycles. The molecule has 0 amide bonds. The molecule has 1 unspecified atom stereocenters. The standard InChI is InChI=1S/C16H15BrCl2FN/c1-2-9-21-16(10-5-4-8-13(18)14(10)19)11-6-3-7-12(17)15(11)20/h3-8,16,21H,2,9H2,1H3. The highest BCUT2D eigenvalue weighted by Gasteiger charge is 2.21. The van der Waals surface area contributed by atoms with E-state index in [1.807, 2.05) is 18.2 Å². The van der Waals surface area contributed by atoms with Gasteiger partial charge in [-0.1, -0.05) is 54.4 Å². The van der Waals surface area contributed by atoms with Crippen molar-refractivity contribution in [3.05, 3.63) is 67.9 Å². The Hall–Kier alpha value is -0.610. The molecule has 1 N–H and O–H groups in total. The summed E-state index contributed by atoms with van der Waals surface area (Å²) in [5.41, 5.74) is 1.32. The lowest BCUT2D eigenvalue weighted by Gasteiger charge is -2.22. The zero-order valence-corrected chi connectivity index (χ0v) is 14.6. The molecule has 112 valence electrons. The minimum absolute atomic E-state index is 0.290. The molecule has 1 nitrogen and oxygen atoms in total. The number of benzene rings is 2. The average molecular weight is 391 g/mol. The van der Waals surface area contributed by atoms with Crippen molar-refractivity contribution < 1.29 is 4.39 Å². The fourth-order valence-electron chi connectivity index (χ4n) is 2.16. The first-order chi connectivity index (χ1) is 10.1. The molecule has 0 saturated carbocycles. The second kappa shape index (κ2) is 7.59. The lowest BCUT2D eigenvalue weighted by atomic mass is 9.98. The van der Waals surface area contributed by atoms with E-state index in [-0.39, 0.29) is 11.9 Å². The van der Waals surface area contributed by atoms with Gasteiger partial charge in [0.25, 0.3) is 0 Å². The summed E-state index contributed by atoms with van der Waals surface area (Å²) < 4.78 is 14.9. The van der Waals surface area contributed by atoms with Crippen LogP contribution in [-0.4, -0.2) is 6.54 Å². The monoisotopic (exact) mass is 389 g/mol. The maximum absolute atomic E-state index is 14.4. The minimum Gasteiger partial charge on any atom is -0.306 e. The molecule has 2 rings (SSSR count). The van der Waals surface area contributed by atoms with Crippen LogP contribution in [0.1, 0.15) is 30.5 Å². The third-order valence-electron chi connectivity index (χ3n) is 3.18. The van der Waals surface area contributed by atoms with Gasteiger partial charge in [0.15, 0.2) is 0 Å². The second-order valence-corrected chi connectivity index (χ2v) is 6.31. The smallest absolute Gasteiger partial charge is 0.142 e. The number of hydrogen-bond donors (Lipinski definition) is 1. The lowest BCUT2D eigenvalue weighted by molar-refractivity contribution is 0.543. The summed E-state index contributed by atoms with van der Waals surface area (Å²) in [7, 11) is 0. The quantitative estimate of drug-likeness (QED) is 0.661. The van der Waals surface area contributed by atoms with Crippen molar-refractivity contribution in [2.24, 2.45) is 0 Å². The molecular weight excluding hydrogens is 376 g/mol. The summed E-state index contributed by atoms with van der Waals surface area (Å²) in [6.07, 6.45) is 0.935. The van der Waals surface area contributed by atoms with Crippen molar-refractivity contribution >= 4 is 39.1 Å². The molecule has 0 spiro atoms. The Kier molecular flexibility index (Phi) is 6.06. The first-order valence-electron chi connectivity index (χ1n) is 6.67. The highest BCUT2D eigenvalue weighted by atomic mass is 79.9. The van der Waals surface area contributed by atoms with Crippen molar-refractivity contribution in [2.75, 3.05) is 6.54 Å². The summed E-state index contributed by atoms with van der Waals surface area (Å²) >= 11 is 15.6. The minimum atomic E-state index is -0.339. The van der Waals surface area contributed by atoms with Crippen molar-refractivity contribution in [2.45, 2.75) is 19.4 Å². The van der Waals surface area contributed by atoms with Crippen molar-refractivity contribution in [1.29, 1.82) is 0 Å². The fourth-order valence-corrected chi connectivity index (χ4v) is 2.96. The molecule has 0 bridgehead atoms. The van der Waals surface area contributed by atoms with E-state index in [9.17, 15) is 4.39 Å².